The van der Waals surface area contributed by atoms with Gasteiger partial charge in [0.05, 0.1) is 6.61 Å². The summed E-state index contributed by atoms with van der Waals surface area (Å²) in [6, 6.07) is -2.71. The van der Waals surface area contributed by atoms with E-state index in [-0.39, 0.29) is 13.0 Å². The van der Waals surface area contributed by atoms with Gasteiger partial charge in [-0.1, -0.05) is 0 Å². The number of guanidine groups is 1. The number of hydrogen-bond donors (Lipinski definition) is 9. The van der Waals surface area contributed by atoms with Gasteiger partial charge in [-0.25, -0.2) is 0 Å². The van der Waals surface area contributed by atoms with Crippen LogP contribution in [0.25, 0.3) is 0 Å². The lowest BCUT2D eigenvalue weighted by molar-refractivity contribution is -0.139. The summed E-state index contributed by atoms with van der Waals surface area (Å²) in [6.07, 6.45) is -0.631. The number of unbranched alkanes of at least 4 members (excludes halogenated alkanes) is 1. The average Bonchev–Trinajstić information content (AvgIpc) is 3.11. The van der Waals surface area contributed by atoms with Crippen molar-refractivity contribution in [2.24, 2.45) is 21.5 Å². The van der Waals surface area contributed by atoms with E-state index in [4.69, 9.17) is 26.8 Å². The molecule has 0 saturated carbocycles. The van der Waals surface area contributed by atoms with Gasteiger partial charge in [-0.15, -0.1) is 0 Å². The van der Waals surface area contributed by atoms with Crippen LogP contribution < -0.4 is 22.1 Å². The molecule has 1 fully saturated rings. The van der Waals surface area contributed by atoms with Crippen LogP contribution in [-0.4, -0.2) is 99.3 Å². The minimum atomic E-state index is -1.39. The van der Waals surface area contributed by atoms with Gasteiger partial charge >= 0.3 is 11.9 Å². The molecule has 172 valence electrons. The molecule has 0 radical (unpaired) electrons. The highest BCUT2D eigenvalue weighted by Crippen LogP contribution is 2.08. The molecule has 13 heteroatoms. The van der Waals surface area contributed by atoms with Crippen molar-refractivity contribution in [1.29, 1.82) is 0 Å². The van der Waals surface area contributed by atoms with Crippen LogP contribution in [0.1, 0.15) is 32.1 Å². The van der Waals surface area contributed by atoms with Crippen molar-refractivity contribution in [2.75, 3.05) is 19.7 Å². The third-order valence-corrected chi connectivity index (χ3v) is 4.54. The molecule has 1 aliphatic rings. The van der Waals surface area contributed by atoms with Crippen LogP contribution in [0.4, 0.5) is 0 Å². The summed E-state index contributed by atoms with van der Waals surface area (Å²) < 4.78 is 0. The Morgan fingerprint density at radius 2 is 1.53 bits per heavy atom. The number of nitrogens with zero attached hydrogens (tertiary/aromatic N) is 2. The number of amidine groups is 1. The fourth-order valence-electron chi connectivity index (χ4n) is 2.68. The number of nitrogens with two attached hydrogens (primary N) is 2. The summed E-state index contributed by atoms with van der Waals surface area (Å²) in [5.74, 6) is -1.53. The number of carbonyl (C=O) groups is 2. The molecule has 11 N–H and O–H groups in total. The molecule has 0 bridgehead atoms. The van der Waals surface area contributed by atoms with Gasteiger partial charge in [0.2, 0.25) is 0 Å². The van der Waals surface area contributed by atoms with E-state index < -0.39 is 48.9 Å². The first-order chi connectivity index (χ1) is 14.2. The van der Waals surface area contributed by atoms with E-state index >= 15 is 0 Å². The Morgan fingerprint density at radius 3 is 2.10 bits per heavy atom. The predicted molar refractivity (Wildman–Crippen MR) is 108 cm³/mol. The van der Waals surface area contributed by atoms with Crippen molar-refractivity contribution in [2.45, 2.75) is 62.4 Å². The molecule has 1 heterocycles. The van der Waals surface area contributed by atoms with Crippen LogP contribution in [0.15, 0.2) is 9.98 Å². The Bertz CT molecular complexity index is 630. The molecule has 5 atom stereocenters. The van der Waals surface area contributed by atoms with Crippen LogP contribution in [0.2, 0.25) is 0 Å². The monoisotopic (exact) mass is 432 g/mol. The molecule has 1 aliphatic heterocycles. The molecule has 0 amide bonds. The van der Waals surface area contributed by atoms with Crippen molar-refractivity contribution in [1.82, 2.24) is 10.6 Å². The fourth-order valence-corrected chi connectivity index (χ4v) is 2.68. The van der Waals surface area contributed by atoms with Gasteiger partial charge in [-0.3, -0.25) is 19.6 Å². The lowest BCUT2D eigenvalue weighted by atomic mass is 10.1. The summed E-state index contributed by atoms with van der Waals surface area (Å²) in [7, 11) is 0. The number of rotatable bonds is 14. The van der Waals surface area contributed by atoms with E-state index in [2.05, 4.69) is 20.6 Å². The van der Waals surface area contributed by atoms with E-state index in [1.54, 1.807) is 0 Å². The number of aliphatic imine (C=N–C) groups is 2. The Morgan fingerprint density at radius 1 is 0.967 bits per heavy atom. The minimum Gasteiger partial charge on any atom is -0.480 e. The van der Waals surface area contributed by atoms with Crippen LogP contribution in [0.5, 0.6) is 0 Å². The maximum absolute atomic E-state index is 10.7. The van der Waals surface area contributed by atoms with Crippen molar-refractivity contribution < 1.29 is 35.1 Å². The predicted octanol–water partition coefficient (Wildman–Crippen LogP) is -3.21. The molecule has 0 spiro atoms. The van der Waals surface area contributed by atoms with Crippen LogP contribution in [0, 0.1) is 0 Å². The summed E-state index contributed by atoms with van der Waals surface area (Å²) in [6.45, 7) is -0.0309. The second-order valence-electron chi connectivity index (χ2n) is 7.01. The summed E-state index contributed by atoms with van der Waals surface area (Å²) >= 11 is 0. The van der Waals surface area contributed by atoms with E-state index in [9.17, 15) is 19.8 Å². The second-order valence-corrected chi connectivity index (χ2v) is 7.01. The molecule has 13 nitrogen and oxygen atoms in total. The van der Waals surface area contributed by atoms with E-state index in [0.29, 0.717) is 44.0 Å². The molecular formula is C17H32N6O7. The van der Waals surface area contributed by atoms with E-state index in [1.165, 1.54) is 0 Å². The fraction of sp³-hybridized carbons (Fsp3) is 0.765. The molecule has 30 heavy (non-hydrogen) atoms. The maximum atomic E-state index is 10.7. The number of carboxylic acid groups (broad SMARTS) is 2. The third-order valence-electron chi connectivity index (χ3n) is 4.54. The Kier molecular flexibility index (Phi) is 11.2. The van der Waals surface area contributed by atoms with Gasteiger partial charge in [-0.05, 0) is 32.1 Å². The standard InChI is InChI=1S/C17H32N6O7/c18-9(15(27)28)4-1-2-6-20-14-12(13(26)11(25)8-24)22-17(23-14)21-7-3-5-10(19)16(29)30/h9-13,24-26H,1-8,18-19H2,(H,27,28)(H,29,30)(H2,20,21,22,23)/t9-,10?,11+,12-,13+/m0/s1. The van der Waals surface area contributed by atoms with Crippen LogP contribution in [0.3, 0.4) is 0 Å². The Hall–Kier alpha value is -2.32. The second kappa shape index (κ2) is 13.1. The number of aliphatic carboxylic acids is 2. The number of hydrogen-bond acceptors (Lipinski definition) is 9. The SMILES string of the molecule is NC(CCCN=C1NC(=NCCCC[C@H](N)C(=O)O)[C@H]([C@H](O)[C@H](O)CO)N1)C(=O)O. The highest BCUT2D eigenvalue weighted by molar-refractivity contribution is 6.09. The molecule has 0 aromatic rings. The van der Waals surface area contributed by atoms with Gasteiger partial charge in [0, 0.05) is 13.1 Å². The molecule has 0 aliphatic carbocycles. The zero-order valence-corrected chi connectivity index (χ0v) is 16.6. The zero-order valence-electron chi connectivity index (χ0n) is 16.6. The van der Waals surface area contributed by atoms with Crippen molar-refractivity contribution in [3.8, 4) is 0 Å². The van der Waals surface area contributed by atoms with Crippen molar-refractivity contribution in [3.63, 3.8) is 0 Å². The Balaban J connectivity index is 2.65. The molecule has 1 unspecified atom stereocenters. The lowest BCUT2D eigenvalue weighted by Gasteiger charge is -2.21. The Labute approximate surface area is 173 Å². The van der Waals surface area contributed by atoms with Crippen molar-refractivity contribution >= 4 is 23.7 Å². The van der Waals surface area contributed by atoms with Gasteiger partial charge in [0.1, 0.15) is 36.2 Å². The summed E-state index contributed by atoms with van der Waals surface area (Å²) in [4.78, 5) is 30.0. The number of aliphatic hydroxyl groups excluding tert-OH is 3. The number of nitrogens with one attached hydrogen (secondary N) is 2. The molecule has 0 aromatic heterocycles. The molecular weight excluding hydrogens is 400 g/mol. The quantitative estimate of drug-likeness (QED) is 0.124. The van der Waals surface area contributed by atoms with Crippen LogP contribution >= 0.6 is 0 Å². The largest absolute Gasteiger partial charge is 0.480 e. The van der Waals surface area contributed by atoms with E-state index in [0.717, 1.165) is 0 Å². The first kappa shape index (κ1) is 25.7. The molecule has 0 aromatic carbocycles. The van der Waals surface area contributed by atoms with Gasteiger partial charge < -0.3 is 47.6 Å². The first-order valence-electron chi connectivity index (χ1n) is 9.73. The van der Waals surface area contributed by atoms with Crippen LogP contribution in [-0.2, 0) is 9.59 Å². The topological polar surface area (TPSA) is 236 Å². The maximum Gasteiger partial charge on any atom is 0.320 e. The van der Waals surface area contributed by atoms with E-state index in [1.807, 2.05) is 0 Å². The normalized spacial score (nSPS) is 22.9. The third kappa shape index (κ3) is 8.59. The summed E-state index contributed by atoms with van der Waals surface area (Å²) in [5, 5.41) is 52.4. The van der Waals surface area contributed by atoms with Crippen molar-refractivity contribution in [3.05, 3.63) is 0 Å². The smallest absolute Gasteiger partial charge is 0.320 e. The highest BCUT2D eigenvalue weighted by Gasteiger charge is 2.36. The number of aliphatic hydroxyl groups is 3. The summed E-state index contributed by atoms with van der Waals surface area (Å²) in [5.41, 5.74) is 10.9. The van der Waals surface area contributed by atoms with Gasteiger partial charge in [0.15, 0.2) is 5.96 Å². The van der Waals surface area contributed by atoms with Gasteiger partial charge in [0.25, 0.3) is 0 Å². The molecule has 1 saturated heterocycles. The zero-order chi connectivity index (χ0) is 22.7. The average molecular weight is 432 g/mol. The number of carboxylic acids is 2. The van der Waals surface area contributed by atoms with Gasteiger partial charge in [-0.2, -0.15) is 0 Å². The minimum absolute atomic E-state index is 0.251. The highest BCUT2D eigenvalue weighted by atomic mass is 16.4. The molecule has 1 rings (SSSR count). The first-order valence-corrected chi connectivity index (χ1v) is 9.73. The lowest BCUT2D eigenvalue weighted by Crippen LogP contribution is -2.48.